The van der Waals surface area contributed by atoms with Gasteiger partial charge in [0.1, 0.15) is 5.75 Å². The second-order valence-corrected chi connectivity index (χ2v) is 2.83. The van der Waals surface area contributed by atoms with Crippen molar-refractivity contribution in [2.45, 2.75) is 0 Å². The third-order valence-electron chi connectivity index (χ3n) is 1.99. The first kappa shape index (κ1) is 11.0. The van der Waals surface area contributed by atoms with Crippen LogP contribution in [0, 0.1) is 5.41 Å². The fourth-order valence-electron chi connectivity index (χ4n) is 1.34. The van der Waals surface area contributed by atoms with E-state index in [1.54, 1.807) is 26.3 Å². The summed E-state index contributed by atoms with van der Waals surface area (Å²) in [7, 11) is 3.30. The van der Waals surface area contributed by atoms with E-state index in [0.29, 0.717) is 16.9 Å². The molecule has 0 saturated carbocycles. The molecule has 0 spiro atoms. The summed E-state index contributed by atoms with van der Waals surface area (Å²) in [5, 5.41) is 21.6. The molecule has 0 aliphatic heterocycles. The predicted octanol–water partition coefficient (Wildman–Crippen LogP) is 1.54. The summed E-state index contributed by atoms with van der Waals surface area (Å²) < 4.78 is 5.16. The van der Waals surface area contributed by atoms with Crippen molar-refractivity contribution in [3.63, 3.8) is 0 Å². The molecule has 3 N–H and O–H groups in total. The average molecular weight is 207 g/mol. The maximum atomic E-state index is 8.43. The Hall–Kier alpha value is -2.04. The van der Waals surface area contributed by atoms with Gasteiger partial charge in [-0.15, -0.1) is 0 Å². The summed E-state index contributed by atoms with van der Waals surface area (Å²) in [6.45, 7) is 0. The Bertz CT molecular complexity index is 388. The highest BCUT2D eigenvalue weighted by molar-refractivity contribution is 5.93. The number of benzene rings is 1. The van der Waals surface area contributed by atoms with Crippen LogP contribution in [0.25, 0.3) is 0 Å². The van der Waals surface area contributed by atoms with Gasteiger partial charge in [-0.3, -0.25) is 0 Å². The lowest BCUT2D eigenvalue weighted by molar-refractivity contribution is 0.322. The minimum Gasteiger partial charge on any atom is -0.495 e. The van der Waals surface area contributed by atoms with Crippen molar-refractivity contribution < 1.29 is 9.94 Å². The van der Waals surface area contributed by atoms with Crippen LogP contribution in [-0.2, 0) is 0 Å². The van der Waals surface area contributed by atoms with Gasteiger partial charge >= 0.3 is 0 Å². The molecule has 80 valence electrons. The lowest BCUT2D eigenvalue weighted by Crippen LogP contribution is -2.00. The molecule has 0 heterocycles. The number of hydrogen-bond donors (Lipinski definition) is 3. The van der Waals surface area contributed by atoms with Gasteiger partial charge in [0.25, 0.3) is 0 Å². The molecular weight excluding hydrogens is 194 g/mol. The third-order valence-corrected chi connectivity index (χ3v) is 1.99. The van der Waals surface area contributed by atoms with E-state index in [0.717, 1.165) is 5.69 Å². The summed E-state index contributed by atoms with van der Waals surface area (Å²) in [5.41, 5.74) is 2.08. The van der Waals surface area contributed by atoms with E-state index in [9.17, 15) is 0 Å². The molecule has 0 bridgehead atoms. The van der Waals surface area contributed by atoms with E-state index in [4.69, 9.17) is 15.4 Å². The fourth-order valence-corrected chi connectivity index (χ4v) is 1.34. The number of hydrogen-bond acceptors (Lipinski definition) is 5. The van der Waals surface area contributed by atoms with Crippen LogP contribution in [0.3, 0.4) is 0 Å². The lowest BCUT2D eigenvalue weighted by Gasteiger charge is -2.11. The Morgan fingerprint density at radius 3 is 2.73 bits per heavy atom. The Labute approximate surface area is 87.9 Å². The van der Waals surface area contributed by atoms with Crippen LogP contribution in [-0.4, -0.2) is 31.8 Å². The molecular formula is C10H13N3O2. The minimum absolute atomic E-state index is 0.605. The van der Waals surface area contributed by atoms with Crippen LogP contribution < -0.4 is 10.1 Å². The van der Waals surface area contributed by atoms with E-state index in [1.165, 1.54) is 12.4 Å². The number of anilines is 1. The standard InChI is InChI=1S/C10H13N3O2/c1-12-10-8(5-11)3-7(6-13-14)4-9(10)15-2/h3-6,11-12,14H,1-2H3/b11-5?,13-6+. The normalized spacial score (nSPS) is 10.3. The highest BCUT2D eigenvalue weighted by Crippen LogP contribution is 2.28. The monoisotopic (exact) mass is 207 g/mol. The highest BCUT2D eigenvalue weighted by Gasteiger charge is 2.07. The van der Waals surface area contributed by atoms with Gasteiger partial charge in [0.2, 0.25) is 0 Å². The number of ether oxygens (including phenoxy) is 1. The lowest BCUT2D eigenvalue weighted by atomic mass is 10.1. The van der Waals surface area contributed by atoms with Gasteiger partial charge in [0.15, 0.2) is 0 Å². The van der Waals surface area contributed by atoms with E-state index < -0.39 is 0 Å². The first-order valence-electron chi connectivity index (χ1n) is 4.34. The minimum atomic E-state index is 0.605. The van der Waals surface area contributed by atoms with Crippen molar-refractivity contribution in [3.05, 3.63) is 23.3 Å². The molecule has 0 saturated heterocycles. The Morgan fingerprint density at radius 2 is 2.27 bits per heavy atom. The van der Waals surface area contributed by atoms with E-state index in [2.05, 4.69) is 10.5 Å². The number of methoxy groups -OCH3 is 1. The van der Waals surface area contributed by atoms with Crippen molar-refractivity contribution in [2.24, 2.45) is 5.16 Å². The number of nitrogens with zero attached hydrogens (tertiary/aromatic N) is 1. The van der Waals surface area contributed by atoms with Crippen molar-refractivity contribution in [1.29, 1.82) is 5.41 Å². The third kappa shape index (κ3) is 2.25. The first-order valence-corrected chi connectivity index (χ1v) is 4.34. The SMILES string of the molecule is CNc1c(C=N)cc(/C=N/O)cc1OC. The highest BCUT2D eigenvalue weighted by atomic mass is 16.5. The first-order chi connectivity index (χ1) is 7.26. The zero-order chi connectivity index (χ0) is 11.3. The number of oxime groups is 1. The predicted molar refractivity (Wildman–Crippen MR) is 59.8 cm³/mol. The average Bonchev–Trinajstić information content (AvgIpc) is 2.28. The molecule has 0 atom stereocenters. The Balaban J connectivity index is 3.35. The maximum absolute atomic E-state index is 8.43. The summed E-state index contributed by atoms with van der Waals surface area (Å²) >= 11 is 0. The molecule has 0 unspecified atom stereocenters. The molecule has 5 nitrogen and oxygen atoms in total. The topological polar surface area (TPSA) is 77.7 Å². The van der Waals surface area contributed by atoms with Gasteiger partial charge in [-0.1, -0.05) is 5.16 Å². The summed E-state index contributed by atoms with van der Waals surface area (Å²) in [6, 6.07) is 3.44. The Morgan fingerprint density at radius 1 is 1.53 bits per heavy atom. The van der Waals surface area contributed by atoms with Gasteiger partial charge < -0.3 is 20.7 Å². The summed E-state index contributed by atoms with van der Waals surface area (Å²) in [4.78, 5) is 0. The van der Waals surface area contributed by atoms with Crippen LogP contribution in [0.5, 0.6) is 5.75 Å². The van der Waals surface area contributed by atoms with Gasteiger partial charge in [-0.2, -0.15) is 0 Å². The molecule has 0 aliphatic carbocycles. The second-order valence-electron chi connectivity index (χ2n) is 2.83. The summed E-state index contributed by atoms with van der Waals surface area (Å²) in [6.07, 6.45) is 2.50. The largest absolute Gasteiger partial charge is 0.495 e. The van der Waals surface area contributed by atoms with Gasteiger partial charge in [-0.25, -0.2) is 0 Å². The van der Waals surface area contributed by atoms with Crippen molar-refractivity contribution >= 4 is 18.1 Å². The quantitative estimate of drug-likeness (QED) is 0.398. The number of rotatable bonds is 4. The molecule has 0 radical (unpaired) electrons. The van der Waals surface area contributed by atoms with E-state index in [-0.39, 0.29) is 0 Å². The van der Waals surface area contributed by atoms with Crippen molar-refractivity contribution in [3.8, 4) is 5.75 Å². The Kier molecular flexibility index (Phi) is 3.68. The van der Waals surface area contributed by atoms with Crippen LogP contribution in [0.1, 0.15) is 11.1 Å². The van der Waals surface area contributed by atoms with Crippen LogP contribution in [0.15, 0.2) is 17.3 Å². The molecule has 1 rings (SSSR count). The molecule has 5 heteroatoms. The molecule has 1 aromatic rings. The van der Waals surface area contributed by atoms with Crippen LogP contribution in [0.2, 0.25) is 0 Å². The van der Waals surface area contributed by atoms with Crippen molar-refractivity contribution in [1.82, 2.24) is 0 Å². The molecule has 0 amide bonds. The molecule has 0 aromatic heterocycles. The summed E-state index contributed by atoms with van der Waals surface area (Å²) in [5.74, 6) is 0.605. The van der Waals surface area contributed by atoms with Gasteiger partial charge in [0, 0.05) is 24.4 Å². The molecule has 0 fully saturated rings. The smallest absolute Gasteiger partial charge is 0.143 e. The van der Waals surface area contributed by atoms with Gasteiger partial charge in [0.05, 0.1) is 19.0 Å². The zero-order valence-corrected chi connectivity index (χ0v) is 8.61. The molecule has 15 heavy (non-hydrogen) atoms. The second kappa shape index (κ2) is 4.99. The maximum Gasteiger partial charge on any atom is 0.143 e. The molecule has 0 aliphatic rings. The van der Waals surface area contributed by atoms with Gasteiger partial charge in [-0.05, 0) is 12.1 Å². The molecule has 1 aromatic carbocycles. The van der Waals surface area contributed by atoms with E-state index >= 15 is 0 Å². The van der Waals surface area contributed by atoms with Crippen LogP contribution in [0.4, 0.5) is 5.69 Å². The zero-order valence-electron chi connectivity index (χ0n) is 8.61. The van der Waals surface area contributed by atoms with Crippen LogP contribution >= 0.6 is 0 Å². The van der Waals surface area contributed by atoms with Crippen molar-refractivity contribution in [2.75, 3.05) is 19.5 Å². The fraction of sp³-hybridized carbons (Fsp3) is 0.200. The number of nitrogens with one attached hydrogen (secondary N) is 2. The van der Waals surface area contributed by atoms with E-state index in [1.807, 2.05) is 0 Å².